The van der Waals surface area contributed by atoms with E-state index in [1.54, 1.807) is 13.8 Å². The van der Waals surface area contributed by atoms with E-state index in [1.807, 2.05) is 6.07 Å². The van der Waals surface area contributed by atoms with Crippen LogP contribution in [0.4, 0.5) is 4.39 Å². The molecule has 0 amide bonds. The number of benzene rings is 1. The fourth-order valence-corrected chi connectivity index (χ4v) is 1.39. The van der Waals surface area contributed by atoms with Crippen molar-refractivity contribution in [2.24, 2.45) is 0 Å². The van der Waals surface area contributed by atoms with Crippen molar-refractivity contribution in [1.82, 2.24) is 5.32 Å². The summed E-state index contributed by atoms with van der Waals surface area (Å²) >= 11 is 0. The van der Waals surface area contributed by atoms with Crippen LogP contribution in [0.5, 0.6) is 0 Å². The van der Waals surface area contributed by atoms with Crippen LogP contribution in [0.2, 0.25) is 0 Å². The summed E-state index contributed by atoms with van der Waals surface area (Å²) in [6.45, 7) is 3.84. The van der Waals surface area contributed by atoms with E-state index in [2.05, 4.69) is 5.32 Å². The first-order valence-electron chi connectivity index (χ1n) is 5.67. The lowest BCUT2D eigenvalue weighted by atomic mass is 10.1. The Morgan fingerprint density at radius 3 is 2.94 bits per heavy atom. The van der Waals surface area contributed by atoms with Crippen molar-refractivity contribution in [3.63, 3.8) is 0 Å². The van der Waals surface area contributed by atoms with Crippen LogP contribution in [0.15, 0.2) is 18.2 Å². The summed E-state index contributed by atoms with van der Waals surface area (Å²) in [6.07, 6.45) is 0. The van der Waals surface area contributed by atoms with Crippen LogP contribution in [0.1, 0.15) is 25.0 Å². The lowest BCUT2D eigenvalue weighted by molar-refractivity contribution is -0.145. The highest BCUT2D eigenvalue weighted by molar-refractivity contribution is 5.75. The van der Waals surface area contributed by atoms with Gasteiger partial charge in [0.25, 0.3) is 0 Å². The van der Waals surface area contributed by atoms with Gasteiger partial charge in [0.15, 0.2) is 0 Å². The Bertz CT molecular complexity index is 469. The minimum Gasteiger partial charge on any atom is -0.465 e. The van der Waals surface area contributed by atoms with Gasteiger partial charge in [-0.1, -0.05) is 0 Å². The van der Waals surface area contributed by atoms with Gasteiger partial charge in [-0.15, -0.1) is 0 Å². The Balaban J connectivity index is 2.63. The number of carbonyl (C=O) groups is 1. The number of ether oxygens (including phenoxy) is 1. The van der Waals surface area contributed by atoms with Gasteiger partial charge in [-0.2, -0.15) is 5.26 Å². The molecule has 0 aliphatic carbocycles. The number of nitrogens with zero attached hydrogens (tertiary/aromatic N) is 1. The third-order valence-corrected chi connectivity index (χ3v) is 2.41. The molecule has 0 fully saturated rings. The molecule has 0 heterocycles. The molecule has 5 heteroatoms. The standard InChI is InChI=1S/C13H15FN2O2/c1-3-18-13(17)9(2)16-8-11-6-10(7-15)4-5-12(11)14/h4-6,9,16H,3,8H2,1-2H3. The average molecular weight is 250 g/mol. The topological polar surface area (TPSA) is 62.1 Å². The molecule has 0 saturated carbocycles. The minimum absolute atomic E-state index is 0.168. The highest BCUT2D eigenvalue weighted by Gasteiger charge is 2.13. The molecule has 1 aromatic carbocycles. The Morgan fingerprint density at radius 1 is 1.61 bits per heavy atom. The van der Waals surface area contributed by atoms with Crippen molar-refractivity contribution in [3.05, 3.63) is 35.1 Å². The minimum atomic E-state index is -0.518. The van der Waals surface area contributed by atoms with Gasteiger partial charge in [0.2, 0.25) is 0 Å². The van der Waals surface area contributed by atoms with Crippen molar-refractivity contribution < 1.29 is 13.9 Å². The molecule has 96 valence electrons. The van der Waals surface area contributed by atoms with Crippen LogP contribution in [0, 0.1) is 17.1 Å². The Hall–Kier alpha value is -1.93. The molecule has 0 aliphatic rings. The van der Waals surface area contributed by atoms with E-state index in [-0.39, 0.29) is 12.5 Å². The summed E-state index contributed by atoms with van der Waals surface area (Å²) in [5, 5.41) is 11.6. The molecule has 1 N–H and O–H groups in total. The second-order valence-corrected chi connectivity index (χ2v) is 3.77. The molecule has 0 aliphatic heterocycles. The lowest BCUT2D eigenvalue weighted by Crippen LogP contribution is -2.35. The van der Waals surface area contributed by atoms with Gasteiger partial charge < -0.3 is 10.1 Å². The van der Waals surface area contributed by atoms with Gasteiger partial charge in [-0.3, -0.25) is 4.79 Å². The molecular weight excluding hydrogens is 235 g/mol. The van der Waals surface area contributed by atoms with Crippen LogP contribution in [-0.2, 0) is 16.1 Å². The smallest absolute Gasteiger partial charge is 0.322 e. The lowest BCUT2D eigenvalue weighted by Gasteiger charge is -2.12. The molecule has 18 heavy (non-hydrogen) atoms. The molecule has 1 rings (SSSR count). The van der Waals surface area contributed by atoms with Gasteiger partial charge in [0.1, 0.15) is 11.9 Å². The number of nitrogens with one attached hydrogen (secondary N) is 1. The van der Waals surface area contributed by atoms with E-state index in [0.29, 0.717) is 17.7 Å². The summed E-state index contributed by atoms with van der Waals surface area (Å²) in [5.41, 5.74) is 0.738. The molecule has 0 bridgehead atoms. The van der Waals surface area contributed by atoms with Crippen LogP contribution in [-0.4, -0.2) is 18.6 Å². The normalized spacial score (nSPS) is 11.7. The number of rotatable bonds is 5. The highest BCUT2D eigenvalue weighted by atomic mass is 19.1. The maximum Gasteiger partial charge on any atom is 0.322 e. The number of esters is 1. The maximum absolute atomic E-state index is 13.4. The molecule has 1 atom stereocenters. The van der Waals surface area contributed by atoms with Crippen molar-refractivity contribution in [2.75, 3.05) is 6.61 Å². The van der Waals surface area contributed by atoms with E-state index in [4.69, 9.17) is 10.00 Å². The van der Waals surface area contributed by atoms with Crippen LogP contribution in [0.25, 0.3) is 0 Å². The van der Waals surface area contributed by atoms with Gasteiger partial charge in [0.05, 0.1) is 18.2 Å². The van der Waals surface area contributed by atoms with Gasteiger partial charge >= 0.3 is 5.97 Å². The summed E-state index contributed by atoms with van der Waals surface area (Å²) in [6, 6.07) is 5.53. The first-order chi connectivity index (χ1) is 8.58. The number of halogens is 1. The SMILES string of the molecule is CCOC(=O)C(C)NCc1cc(C#N)ccc1F. The Labute approximate surface area is 105 Å². The number of hydrogen-bond acceptors (Lipinski definition) is 4. The summed E-state index contributed by atoms with van der Waals surface area (Å²) in [5.74, 6) is -0.785. The van der Waals surface area contributed by atoms with Crippen molar-refractivity contribution in [2.45, 2.75) is 26.4 Å². The molecule has 0 radical (unpaired) electrons. The highest BCUT2D eigenvalue weighted by Crippen LogP contribution is 2.10. The van der Waals surface area contributed by atoms with Crippen LogP contribution < -0.4 is 5.32 Å². The van der Waals surface area contributed by atoms with E-state index in [1.165, 1.54) is 18.2 Å². The fourth-order valence-electron chi connectivity index (χ4n) is 1.39. The second kappa shape index (κ2) is 6.72. The quantitative estimate of drug-likeness (QED) is 0.808. The van der Waals surface area contributed by atoms with Gasteiger partial charge in [-0.05, 0) is 32.0 Å². The zero-order valence-corrected chi connectivity index (χ0v) is 10.4. The fraction of sp³-hybridized carbons (Fsp3) is 0.385. The molecule has 0 saturated heterocycles. The zero-order valence-electron chi connectivity index (χ0n) is 10.4. The summed E-state index contributed by atoms with van der Waals surface area (Å²) in [4.78, 5) is 11.3. The number of hydrogen-bond donors (Lipinski definition) is 1. The Kier molecular flexibility index (Phi) is 5.28. The third kappa shape index (κ3) is 3.82. The summed E-state index contributed by atoms with van der Waals surface area (Å²) in [7, 11) is 0. The predicted molar refractivity (Wildman–Crippen MR) is 64.0 cm³/mol. The first kappa shape index (κ1) is 14.1. The van der Waals surface area contributed by atoms with Gasteiger partial charge in [0, 0.05) is 12.1 Å². The predicted octanol–water partition coefficient (Wildman–Crippen LogP) is 1.74. The molecule has 4 nitrogen and oxygen atoms in total. The molecule has 1 aromatic rings. The molecule has 1 unspecified atom stereocenters. The van der Waals surface area contributed by atoms with Crippen molar-refractivity contribution in [1.29, 1.82) is 5.26 Å². The van der Waals surface area contributed by atoms with Gasteiger partial charge in [-0.25, -0.2) is 4.39 Å². The number of nitriles is 1. The molecular formula is C13H15FN2O2. The zero-order chi connectivity index (χ0) is 13.5. The average Bonchev–Trinajstić information content (AvgIpc) is 2.37. The van der Waals surface area contributed by atoms with Crippen LogP contribution in [0.3, 0.4) is 0 Å². The third-order valence-electron chi connectivity index (χ3n) is 2.41. The first-order valence-corrected chi connectivity index (χ1v) is 5.67. The largest absolute Gasteiger partial charge is 0.465 e. The Morgan fingerprint density at radius 2 is 2.33 bits per heavy atom. The van der Waals surface area contributed by atoms with Crippen molar-refractivity contribution in [3.8, 4) is 6.07 Å². The van der Waals surface area contributed by atoms with E-state index >= 15 is 0 Å². The van der Waals surface area contributed by atoms with E-state index in [0.717, 1.165) is 0 Å². The van der Waals surface area contributed by atoms with Crippen molar-refractivity contribution >= 4 is 5.97 Å². The monoisotopic (exact) mass is 250 g/mol. The molecule has 0 aromatic heterocycles. The molecule has 0 spiro atoms. The number of carbonyl (C=O) groups excluding carboxylic acids is 1. The second-order valence-electron chi connectivity index (χ2n) is 3.77. The van der Waals surface area contributed by atoms with Crippen LogP contribution >= 0.6 is 0 Å². The maximum atomic E-state index is 13.4. The van der Waals surface area contributed by atoms with E-state index in [9.17, 15) is 9.18 Å². The summed E-state index contributed by atoms with van der Waals surface area (Å²) < 4.78 is 18.3. The van der Waals surface area contributed by atoms with E-state index < -0.39 is 11.9 Å².